The van der Waals surface area contributed by atoms with Crippen molar-refractivity contribution in [3.63, 3.8) is 0 Å². The smallest absolute Gasteiger partial charge is 0.312 e. The van der Waals surface area contributed by atoms with Gasteiger partial charge in [-0.25, -0.2) is 9.67 Å². The van der Waals surface area contributed by atoms with Crippen molar-refractivity contribution in [3.05, 3.63) is 93.8 Å². The minimum atomic E-state index is -0.418. The molecule has 0 bridgehead atoms. The summed E-state index contributed by atoms with van der Waals surface area (Å²) >= 11 is 0. The van der Waals surface area contributed by atoms with E-state index in [4.69, 9.17) is 0 Å². The Labute approximate surface area is 177 Å². The molecule has 2 heterocycles. The number of hydrogen-bond donors (Lipinski definition) is 1. The molecule has 4 rings (SSSR count). The highest BCUT2D eigenvalue weighted by Crippen LogP contribution is 2.23. The molecule has 1 amide bonds. The van der Waals surface area contributed by atoms with Crippen molar-refractivity contribution in [3.8, 4) is 5.69 Å². The van der Waals surface area contributed by atoms with Gasteiger partial charge in [0.05, 0.1) is 22.8 Å². The molecule has 10 heteroatoms. The SMILES string of the molecule is Cc1nn(Cc2ccc(C(=O)Nc3ccccc3-n3cncn3)cc2)c(C)c1[N+](=O)[O-]. The van der Waals surface area contributed by atoms with Crippen LogP contribution in [0.2, 0.25) is 0 Å². The normalized spacial score (nSPS) is 10.8. The van der Waals surface area contributed by atoms with Gasteiger partial charge in [0.15, 0.2) is 0 Å². The van der Waals surface area contributed by atoms with Crippen molar-refractivity contribution >= 4 is 17.3 Å². The number of nitrogens with zero attached hydrogens (tertiary/aromatic N) is 6. The van der Waals surface area contributed by atoms with Crippen molar-refractivity contribution in [2.24, 2.45) is 0 Å². The molecule has 0 saturated carbocycles. The zero-order valence-electron chi connectivity index (χ0n) is 16.9. The number of nitrogens with one attached hydrogen (secondary N) is 1. The van der Waals surface area contributed by atoms with E-state index in [1.54, 1.807) is 59.9 Å². The van der Waals surface area contributed by atoms with E-state index in [1.807, 2.05) is 18.2 Å². The summed E-state index contributed by atoms with van der Waals surface area (Å²) in [5.74, 6) is -0.263. The van der Waals surface area contributed by atoms with E-state index in [-0.39, 0.29) is 11.6 Å². The number of amides is 1. The lowest BCUT2D eigenvalue weighted by molar-refractivity contribution is -0.386. The second-order valence-electron chi connectivity index (χ2n) is 6.94. The second kappa shape index (κ2) is 8.19. The van der Waals surface area contributed by atoms with Gasteiger partial charge in [-0.2, -0.15) is 10.2 Å². The summed E-state index contributed by atoms with van der Waals surface area (Å²) < 4.78 is 3.17. The molecule has 1 N–H and O–H groups in total. The fourth-order valence-corrected chi connectivity index (χ4v) is 3.35. The number of aromatic nitrogens is 5. The van der Waals surface area contributed by atoms with Crippen molar-refractivity contribution in [1.29, 1.82) is 0 Å². The Kier molecular flexibility index (Phi) is 5.27. The molecule has 0 aliphatic carbocycles. The lowest BCUT2D eigenvalue weighted by Crippen LogP contribution is -2.14. The van der Waals surface area contributed by atoms with E-state index in [9.17, 15) is 14.9 Å². The number of carbonyl (C=O) groups is 1. The number of benzene rings is 2. The van der Waals surface area contributed by atoms with E-state index in [0.717, 1.165) is 5.56 Å². The maximum absolute atomic E-state index is 12.7. The highest BCUT2D eigenvalue weighted by Gasteiger charge is 2.21. The third-order valence-corrected chi connectivity index (χ3v) is 4.89. The van der Waals surface area contributed by atoms with Crippen LogP contribution in [0, 0.1) is 24.0 Å². The van der Waals surface area contributed by atoms with Gasteiger partial charge < -0.3 is 5.32 Å². The number of hydrogen-bond acceptors (Lipinski definition) is 6. The molecule has 0 aliphatic rings. The van der Waals surface area contributed by atoms with Gasteiger partial charge in [0, 0.05) is 5.56 Å². The predicted octanol–water partition coefficient (Wildman–Crippen LogP) is 3.29. The van der Waals surface area contributed by atoms with Gasteiger partial charge in [-0.3, -0.25) is 19.6 Å². The molecule has 0 spiro atoms. The molecule has 0 aliphatic heterocycles. The number of nitro groups is 1. The molecular formula is C21H19N7O3. The summed E-state index contributed by atoms with van der Waals surface area (Å²) in [7, 11) is 0. The molecule has 31 heavy (non-hydrogen) atoms. The molecule has 0 fully saturated rings. The Morgan fingerprint density at radius 2 is 1.87 bits per heavy atom. The number of rotatable bonds is 6. The van der Waals surface area contributed by atoms with Gasteiger partial charge in [-0.1, -0.05) is 24.3 Å². The lowest BCUT2D eigenvalue weighted by atomic mass is 10.1. The van der Waals surface area contributed by atoms with Crippen molar-refractivity contribution in [2.75, 3.05) is 5.32 Å². The number of anilines is 1. The van der Waals surface area contributed by atoms with Gasteiger partial charge >= 0.3 is 5.69 Å². The van der Waals surface area contributed by atoms with Crippen LogP contribution in [0.25, 0.3) is 5.69 Å². The molecule has 0 atom stereocenters. The average Bonchev–Trinajstić information content (AvgIpc) is 3.37. The van der Waals surface area contributed by atoms with Crippen molar-refractivity contribution < 1.29 is 9.72 Å². The highest BCUT2D eigenvalue weighted by atomic mass is 16.6. The second-order valence-corrected chi connectivity index (χ2v) is 6.94. The Morgan fingerprint density at radius 3 is 2.52 bits per heavy atom. The minimum Gasteiger partial charge on any atom is -0.320 e. The maximum Gasteiger partial charge on any atom is 0.312 e. The lowest BCUT2D eigenvalue weighted by Gasteiger charge is -2.11. The monoisotopic (exact) mass is 417 g/mol. The van der Waals surface area contributed by atoms with Crippen LogP contribution in [0.15, 0.2) is 61.2 Å². The van der Waals surface area contributed by atoms with Gasteiger partial charge in [0.1, 0.15) is 24.0 Å². The van der Waals surface area contributed by atoms with Crippen LogP contribution < -0.4 is 5.32 Å². The Hall–Kier alpha value is -4.34. The Morgan fingerprint density at radius 1 is 1.13 bits per heavy atom. The molecule has 2 aromatic heterocycles. The quantitative estimate of drug-likeness (QED) is 0.380. The third kappa shape index (κ3) is 4.04. The molecule has 0 saturated heterocycles. The van der Waals surface area contributed by atoms with Crippen LogP contribution in [0.5, 0.6) is 0 Å². The van der Waals surface area contributed by atoms with Crippen LogP contribution in [0.1, 0.15) is 27.3 Å². The van der Waals surface area contributed by atoms with Crippen LogP contribution in [0.4, 0.5) is 11.4 Å². The average molecular weight is 417 g/mol. The fraction of sp³-hybridized carbons (Fsp3) is 0.143. The van der Waals surface area contributed by atoms with E-state index < -0.39 is 4.92 Å². The van der Waals surface area contributed by atoms with Crippen molar-refractivity contribution in [1.82, 2.24) is 24.5 Å². The van der Waals surface area contributed by atoms with E-state index in [0.29, 0.717) is 34.9 Å². The number of aryl methyl sites for hydroxylation is 1. The highest BCUT2D eigenvalue weighted by molar-refractivity contribution is 6.05. The Bertz CT molecular complexity index is 1240. The molecule has 2 aromatic carbocycles. The van der Waals surface area contributed by atoms with Crippen molar-refractivity contribution in [2.45, 2.75) is 20.4 Å². The summed E-state index contributed by atoms with van der Waals surface area (Å²) in [4.78, 5) is 27.4. The van der Waals surface area contributed by atoms with Crippen LogP contribution >= 0.6 is 0 Å². The van der Waals surface area contributed by atoms with Crippen LogP contribution in [0.3, 0.4) is 0 Å². The molecule has 156 valence electrons. The topological polar surface area (TPSA) is 121 Å². The first-order valence-corrected chi connectivity index (χ1v) is 9.46. The van der Waals surface area contributed by atoms with E-state index in [1.165, 1.54) is 6.33 Å². The van der Waals surface area contributed by atoms with E-state index >= 15 is 0 Å². The first-order chi connectivity index (χ1) is 14.9. The van der Waals surface area contributed by atoms with Crippen LogP contribution in [-0.4, -0.2) is 35.4 Å². The van der Waals surface area contributed by atoms with Gasteiger partial charge in [0.2, 0.25) is 0 Å². The summed E-state index contributed by atoms with van der Waals surface area (Å²) in [6.45, 7) is 3.66. The fourth-order valence-electron chi connectivity index (χ4n) is 3.35. The minimum absolute atomic E-state index is 0.0297. The standard InChI is InChI=1S/C21H19N7O3/c1-14-20(28(30)31)15(2)26(25-14)11-16-7-9-17(10-8-16)21(29)24-18-5-3-4-6-19(18)27-13-22-12-23-27/h3-10,12-13H,11H2,1-2H3,(H,24,29). The summed E-state index contributed by atoms with van der Waals surface area (Å²) in [5, 5.41) is 22.4. The predicted molar refractivity (Wildman–Crippen MR) is 113 cm³/mol. The first kappa shape index (κ1) is 20.0. The number of para-hydroxylation sites is 2. The third-order valence-electron chi connectivity index (χ3n) is 4.89. The van der Waals surface area contributed by atoms with Gasteiger partial charge in [-0.05, 0) is 43.7 Å². The van der Waals surface area contributed by atoms with Gasteiger partial charge in [0.25, 0.3) is 5.91 Å². The maximum atomic E-state index is 12.7. The van der Waals surface area contributed by atoms with E-state index in [2.05, 4.69) is 20.5 Å². The summed E-state index contributed by atoms with van der Waals surface area (Å²) in [6.07, 6.45) is 2.98. The summed E-state index contributed by atoms with van der Waals surface area (Å²) in [5.41, 5.74) is 3.57. The molecule has 10 nitrogen and oxygen atoms in total. The molecular weight excluding hydrogens is 398 g/mol. The van der Waals surface area contributed by atoms with Gasteiger partial charge in [-0.15, -0.1) is 0 Å². The first-order valence-electron chi connectivity index (χ1n) is 9.46. The molecule has 4 aromatic rings. The zero-order valence-corrected chi connectivity index (χ0v) is 16.9. The molecule has 0 unspecified atom stereocenters. The number of carbonyl (C=O) groups excluding carboxylic acids is 1. The Balaban J connectivity index is 1.50. The summed E-state index contributed by atoms with van der Waals surface area (Å²) in [6, 6.07) is 14.3. The zero-order chi connectivity index (χ0) is 22.0. The van der Waals surface area contributed by atoms with Crippen LogP contribution in [-0.2, 0) is 6.54 Å². The largest absolute Gasteiger partial charge is 0.320 e. The molecule has 0 radical (unpaired) electrons.